The zero-order valence-corrected chi connectivity index (χ0v) is 18.6. The first-order valence-corrected chi connectivity index (χ1v) is 13.7. The Morgan fingerprint density at radius 2 is 1.92 bits per heavy atom. The van der Waals surface area contributed by atoms with E-state index in [0.29, 0.717) is 12.4 Å². The maximum atomic E-state index is 12.8. The zero-order valence-electron chi connectivity index (χ0n) is 15.4. The van der Waals surface area contributed by atoms with E-state index >= 15 is 0 Å². The van der Waals surface area contributed by atoms with Crippen LogP contribution in [0.1, 0.15) is 36.3 Å². The van der Waals surface area contributed by atoms with Crippen LogP contribution < -0.4 is 0 Å². The summed E-state index contributed by atoms with van der Waals surface area (Å²) in [6.45, 7) is 7.69. The molecule has 0 amide bonds. The van der Waals surface area contributed by atoms with E-state index in [0.717, 1.165) is 9.74 Å². The van der Waals surface area contributed by atoms with E-state index < -0.39 is 20.2 Å². The van der Waals surface area contributed by atoms with Crippen molar-refractivity contribution in [2.75, 3.05) is 6.61 Å². The third-order valence-corrected chi connectivity index (χ3v) is 7.37. The van der Waals surface area contributed by atoms with Crippen LogP contribution in [0.3, 0.4) is 0 Å². The van der Waals surface area contributed by atoms with Crippen molar-refractivity contribution in [3.63, 3.8) is 0 Å². The number of carbonyl (C=O) groups excluding carboxylic acids is 1. The Balaban J connectivity index is 1.96. The molecule has 26 heavy (non-hydrogen) atoms. The number of hydrogen-bond acceptors (Lipinski definition) is 3. The summed E-state index contributed by atoms with van der Waals surface area (Å²) in [6.07, 6.45) is -1.98. The molecule has 0 aliphatic heterocycles. The molecular weight excluding hydrogens is 476 g/mol. The fraction of sp³-hybridized carbons (Fsp3) is 0.765. The van der Waals surface area contributed by atoms with E-state index in [4.69, 9.17) is 4.74 Å². The van der Waals surface area contributed by atoms with Crippen LogP contribution >= 0.6 is 22.6 Å². The lowest BCUT2D eigenvalue weighted by Crippen LogP contribution is -2.31. The minimum absolute atomic E-state index is 0.0183. The van der Waals surface area contributed by atoms with Gasteiger partial charge in [0.05, 0.1) is 12.1 Å². The van der Waals surface area contributed by atoms with Gasteiger partial charge in [0, 0.05) is 20.6 Å². The standard InChI is InChI=1S/C17H26F3IN2O2Si/c1-26(2,3)9-8-25-11-23-14(21)10-22-16(23)15(24)12-4-6-13(7-5-12)17(18,19)20/h10,12-13H,4-9,11H2,1-3H3. The summed E-state index contributed by atoms with van der Waals surface area (Å²) in [5, 5.41) is 0. The second-order valence-electron chi connectivity index (χ2n) is 8.13. The Kier molecular flexibility index (Phi) is 7.34. The molecule has 4 nitrogen and oxygen atoms in total. The van der Waals surface area contributed by atoms with Crippen molar-refractivity contribution in [1.29, 1.82) is 0 Å². The molecule has 0 saturated heterocycles. The van der Waals surface area contributed by atoms with E-state index in [1.165, 1.54) is 0 Å². The van der Waals surface area contributed by atoms with Crippen LogP contribution in [0, 0.1) is 15.5 Å². The van der Waals surface area contributed by atoms with Crippen molar-refractivity contribution < 1.29 is 22.7 Å². The van der Waals surface area contributed by atoms with Gasteiger partial charge in [-0.15, -0.1) is 0 Å². The van der Waals surface area contributed by atoms with Crippen molar-refractivity contribution in [3.8, 4) is 0 Å². The first-order valence-electron chi connectivity index (χ1n) is 8.89. The lowest BCUT2D eigenvalue weighted by atomic mass is 9.79. The van der Waals surface area contributed by atoms with Crippen LogP contribution in [-0.4, -0.2) is 36.2 Å². The molecule has 0 atom stereocenters. The van der Waals surface area contributed by atoms with Crippen LogP contribution in [0.15, 0.2) is 6.20 Å². The second kappa shape index (κ2) is 8.72. The summed E-state index contributed by atoms with van der Waals surface area (Å²) in [7, 11) is -1.19. The number of alkyl halides is 3. The van der Waals surface area contributed by atoms with Gasteiger partial charge >= 0.3 is 6.18 Å². The smallest absolute Gasteiger partial charge is 0.361 e. The molecule has 0 radical (unpaired) electrons. The molecule has 148 valence electrons. The van der Waals surface area contributed by atoms with Gasteiger partial charge in [-0.3, -0.25) is 9.36 Å². The number of hydrogen-bond donors (Lipinski definition) is 0. The minimum Gasteiger partial charge on any atom is -0.361 e. The highest BCUT2D eigenvalue weighted by atomic mass is 127. The van der Waals surface area contributed by atoms with Gasteiger partial charge in [0.15, 0.2) is 5.82 Å². The molecule has 1 fully saturated rings. The van der Waals surface area contributed by atoms with E-state index in [1.54, 1.807) is 10.8 Å². The lowest BCUT2D eigenvalue weighted by molar-refractivity contribution is -0.183. The summed E-state index contributed by atoms with van der Waals surface area (Å²) in [4.78, 5) is 17.0. The first kappa shape index (κ1) is 21.9. The summed E-state index contributed by atoms with van der Waals surface area (Å²) in [6, 6.07) is 1.03. The SMILES string of the molecule is C[Si](C)(C)CCOCn1c(I)cnc1C(=O)C1CCC(C(F)(F)F)CC1. The third-order valence-electron chi connectivity index (χ3n) is 4.80. The van der Waals surface area contributed by atoms with Gasteiger partial charge in [0.2, 0.25) is 5.78 Å². The van der Waals surface area contributed by atoms with Gasteiger partial charge in [0.1, 0.15) is 10.4 Å². The average Bonchev–Trinajstić information content (AvgIpc) is 2.90. The molecular formula is C17H26F3IN2O2Si. The number of imidazole rings is 1. The van der Waals surface area contributed by atoms with Crippen molar-refractivity contribution in [2.45, 2.75) is 64.3 Å². The quantitative estimate of drug-likeness (QED) is 0.219. The largest absolute Gasteiger partial charge is 0.391 e. The van der Waals surface area contributed by atoms with Crippen LogP contribution in [0.4, 0.5) is 13.2 Å². The normalized spacial score (nSPS) is 21.8. The van der Waals surface area contributed by atoms with Gasteiger partial charge < -0.3 is 4.74 Å². The fourth-order valence-corrected chi connectivity index (χ4v) is 4.34. The molecule has 1 saturated carbocycles. The molecule has 0 spiro atoms. The van der Waals surface area contributed by atoms with E-state index in [1.807, 2.05) is 0 Å². The highest BCUT2D eigenvalue weighted by Gasteiger charge is 2.43. The third kappa shape index (κ3) is 6.05. The number of ether oxygens (including phenoxy) is 1. The molecule has 1 heterocycles. The molecule has 0 unspecified atom stereocenters. The van der Waals surface area contributed by atoms with Gasteiger partial charge in [-0.1, -0.05) is 19.6 Å². The zero-order chi connectivity index (χ0) is 19.5. The molecule has 1 aliphatic carbocycles. The average molecular weight is 502 g/mol. The molecule has 0 N–H and O–H groups in total. The molecule has 9 heteroatoms. The van der Waals surface area contributed by atoms with Crippen LogP contribution in [0.2, 0.25) is 25.7 Å². The molecule has 0 bridgehead atoms. The van der Waals surface area contributed by atoms with Crippen LogP contribution in [-0.2, 0) is 11.5 Å². The predicted molar refractivity (Wildman–Crippen MR) is 105 cm³/mol. The second-order valence-corrected chi connectivity index (χ2v) is 14.9. The maximum absolute atomic E-state index is 12.8. The maximum Gasteiger partial charge on any atom is 0.391 e. The van der Waals surface area contributed by atoms with Crippen molar-refractivity contribution in [2.24, 2.45) is 11.8 Å². The Morgan fingerprint density at radius 1 is 1.31 bits per heavy atom. The number of aromatic nitrogens is 2. The lowest BCUT2D eigenvalue weighted by Gasteiger charge is -2.28. The number of nitrogens with zero attached hydrogens (tertiary/aromatic N) is 2. The van der Waals surface area contributed by atoms with Gasteiger partial charge in [-0.25, -0.2) is 4.98 Å². The van der Waals surface area contributed by atoms with Crippen molar-refractivity contribution in [1.82, 2.24) is 9.55 Å². The van der Waals surface area contributed by atoms with E-state index in [2.05, 4.69) is 47.2 Å². The fourth-order valence-electron chi connectivity index (χ4n) is 3.07. The molecule has 1 aromatic heterocycles. The number of carbonyl (C=O) groups is 1. The number of rotatable bonds is 7. The molecule has 1 aliphatic rings. The highest BCUT2D eigenvalue weighted by Crippen LogP contribution is 2.40. The Labute approximate surface area is 167 Å². The summed E-state index contributed by atoms with van der Waals surface area (Å²) >= 11 is 2.10. The topological polar surface area (TPSA) is 44.1 Å². The van der Waals surface area contributed by atoms with Gasteiger partial charge in [-0.2, -0.15) is 13.2 Å². The molecule has 2 rings (SSSR count). The minimum atomic E-state index is -4.16. The summed E-state index contributed by atoms with van der Waals surface area (Å²) < 4.78 is 46.6. The van der Waals surface area contributed by atoms with Crippen molar-refractivity contribution >= 4 is 36.4 Å². The first-order chi connectivity index (χ1) is 12.0. The Bertz CT molecular complexity index is 621. The van der Waals surface area contributed by atoms with Gasteiger partial charge in [0.25, 0.3) is 0 Å². The number of ketones is 1. The Hall–Kier alpha value is -0.423. The summed E-state index contributed by atoms with van der Waals surface area (Å²) in [5.41, 5.74) is 0. The number of halogens is 4. The van der Waals surface area contributed by atoms with Crippen LogP contribution in [0.5, 0.6) is 0 Å². The predicted octanol–water partition coefficient (Wildman–Crippen LogP) is 5.35. The molecule has 1 aromatic rings. The summed E-state index contributed by atoms with van der Waals surface area (Å²) in [5.74, 6) is -1.52. The number of Topliss-reactive ketones (excluding diaryl/α,β-unsaturated/α-hetero) is 1. The van der Waals surface area contributed by atoms with Crippen LogP contribution in [0.25, 0.3) is 0 Å². The Morgan fingerprint density at radius 3 is 2.46 bits per heavy atom. The monoisotopic (exact) mass is 502 g/mol. The molecule has 0 aromatic carbocycles. The van der Waals surface area contributed by atoms with Gasteiger partial charge in [-0.05, 0) is 54.3 Å². The van der Waals surface area contributed by atoms with E-state index in [9.17, 15) is 18.0 Å². The van der Waals surface area contributed by atoms with E-state index in [-0.39, 0.29) is 44.1 Å². The van der Waals surface area contributed by atoms with Crippen molar-refractivity contribution in [3.05, 3.63) is 15.7 Å². The highest BCUT2D eigenvalue weighted by molar-refractivity contribution is 14.1.